The highest BCUT2D eigenvalue weighted by Gasteiger charge is 2.43. The second-order valence-electron chi connectivity index (χ2n) is 10.4. The predicted octanol–water partition coefficient (Wildman–Crippen LogP) is 4.28. The Morgan fingerprint density at radius 1 is 0.972 bits per heavy atom. The lowest BCUT2D eigenvalue weighted by Gasteiger charge is -2.39. The fourth-order valence-corrected chi connectivity index (χ4v) is 5.91. The molecule has 1 aromatic carbocycles. The Labute approximate surface area is 208 Å². The van der Waals surface area contributed by atoms with Crippen LogP contribution < -0.4 is 4.74 Å². The minimum Gasteiger partial charge on any atom is -0.467 e. The quantitative estimate of drug-likeness (QED) is 0.614. The van der Waals surface area contributed by atoms with Crippen LogP contribution in [0.3, 0.4) is 0 Å². The average molecular weight is 502 g/mol. The molecule has 2 aromatic rings. The van der Waals surface area contributed by atoms with Gasteiger partial charge in [0.2, 0.25) is 11.8 Å². The molecule has 9 heteroatoms. The molecule has 1 spiro atoms. The smallest absolute Gasteiger partial charge is 0.422 e. The SMILES string of the molecule is O=C(CC1Cc2ccccc2C1)N1CCC2(CC1)CCN(C(=O)c1cccnc1OCC(F)(F)F)C2. The van der Waals surface area contributed by atoms with Crippen LogP contribution in [0.2, 0.25) is 0 Å². The zero-order chi connectivity index (χ0) is 25.3. The van der Waals surface area contributed by atoms with Crippen molar-refractivity contribution in [3.8, 4) is 5.88 Å². The van der Waals surface area contributed by atoms with Gasteiger partial charge >= 0.3 is 6.18 Å². The normalized spacial score (nSPS) is 19.5. The summed E-state index contributed by atoms with van der Waals surface area (Å²) in [5.74, 6) is -0.0965. The van der Waals surface area contributed by atoms with Gasteiger partial charge in [-0.1, -0.05) is 24.3 Å². The maximum absolute atomic E-state index is 13.1. The van der Waals surface area contributed by atoms with E-state index in [0.717, 1.165) is 32.1 Å². The van der Waals surface area contributed by atoms with Crippen molar-refractivity contribution < 1.29 is 27.5 Å². The lowest BCUT2D eigenvalue weighted by atomic mass is 9.77. The molecule has 1 aliphatic carbocycles. The number of alkyl halides is 3. The van der Waals surface area contributed by atoms with Crippen molar-refractivity contribution in [1.82, 2.24) is 14.8 Å². The minimum atomic E-state index is -4.51. The van der Waals surface area contributed by atoms with Crippen molar-refractivity contribution >= 4 is 11.8 Å². The summed E-state index contributed by atoms with van der Waals surface area (Å²) in [6.07, 6.45) is 1.73. The number of piperidine rings is 1. The Bertz CT molecular complexity index is 1100. The first kappa shape index (κ1) is 24.6. The van der Waals surface area contributed by atoms with Crippen molar-refractivity contribution in [3.05, 3.63) is 59.3 Å². The Hall–Kier alpha value is -3.10. The number of halogens is 3. The number of benzene rings is 1. The third-order valence-corrected chi connectivity index (χ3v) is 7.88. The monoisotopic (exact) mass is 501 g/mol. The molecule has 2 saturated heterocycles. The summed E-state index contributed by atoms with van der Waals surface area (Å²) in [5.41, 5.74) is 2.68. The Morgan fingerprint density at radius 2 is 1.61 bits per heavy atom. The number of pyridine rings is 1. The first-order chi connectivity index (χ1) is 17.2. The van der Waals surface area contributed by atoms with Gasteiger partial charge in [0.15, 0.2) is 6.61 Å². The lowest BCUT2D eigenvalue weighted by molar-refractivity contribution is -0.154. The van der Waals surface area contributed by atoms with Crippen LogP contribution in [-0.2, 0) is 17.6 Å². The summed E-state index contributed by atoms with van der Waals surface area (Å²) in [5, 5.41) is 0. The molecule has 2 aliphatic heterocycles. The Morgan fingerprint density at radius 3 is 2.25 bits per heavy atom. The van der Waals surface area contributed by atoms with Crippen LogP contribution in [0.4, 0.5) is 13.2 Å². The number of likely N-dealkylation sites (tertiary alicyclic amines) is 2. The zero-order valence-electron chi connectivity index (χ0n) is 20.1. The molecule has 192 valence electrons. The van der Waals surface area contributed by atoms with Gasteiger partial charge < -0.3 is 14.5 Å². The Balaban J connectivity index is 1.14. The summed E-state index contributed by atoms with van der Waals surface area (Å²) >= 11 is 0. The minimum absolute atomic E-state index is 0.0453. The van der Waals surface area contributed by atoms with E-state index in [1.807, 2.05) is 17.0 Å². The van der Waals surface area contributed by atoms with Gasteiger partial charge in [0.1, 0.15) is 5.56 Å². The van der Waals surface area contributed by atoms with Crippen LogP contribution in [0.1, 0.15) is 47.2 Å². The third kappa shape index (κ3) is 5.34. The van der Waals surface area contributed by atoms with Gasteiger partial charge in [-0.3, -0.25) is 9.59 Å². The van der Waals surface area contributed by atoms with Crippen molar-refractivity contribution in [2.24, 2.45) is 11.3 Å². The fourth-order valence-electron chi connectivity index (χ4n) is 5.91. The highest BCUT2D eigenvalue weighted by molar-refractivity contribution is 5.96. The zero-order valence-corrected chi connectivity index (χ0v) is 20.1. The average Bonchev–Trinajstić information content (AvgIpc) is 3.46. The number of fused-ring (bicyclic) bond motifs is 1. The summed E-state index contributed by atoms with van der Waals surface area (Å²) in [6.45, 7) is 0.909. The maximum atomic E-state index is 13.1. The molecule has 0 bridgehead atoms. The van der Waals surface area contributed by atoms with E-state index in [4.69, 9.17) is 4.74 Å². The number of rotatable bonds is 5. The van der Waals surface area contributed by atoms with Crippen molar-refractivity contribution in [3.63, 3.8) is 0 Å². The van der Waals surface area contributed by atoms with E-state index in [-0.39, 0.29) is 28.7 Å². The molecule has 3 heterocycles. The molecular formula is C27H30F3N3O3. The molecule has 0 atom stereocenters. The van der Waals surface area contributed by atoms with E-state index < -0.39 is 12.8 Å². The first-order valence-electron chi connectivity index (χ1n) is 12.5. The standard InChI is InChI=1S/C27H30F3N3O3/c28-27(29,30)18-36-24-22(6-3-10-31-24)25(35)33-13-9-26(17-33)7-11-32(12-8-26)23(34)16-19-14-20-4-1-2-5-21(20)15-19/h1-6,10,19H,7-9,11-18H2. The van der Waals surface area contributed by atoms with E-state index in [1.54, 1.807) is 4.90 Å². The van der Waals surface area contributed by atoms with Crippen LogP contribution in [0.15, 0.2) is 42.6 Å². The molecule has 0 radical (unpaired) electrons. The summed E-state index contributed by atoms with van der Waals surface area (Å²) < 4.78 is 42.6. The first-order valence-corrected chi connectivity index (χ1v) is 12.5. The number of carbonyl (C=O) groups excluding carboxylic acids is 2. The van der Waals surface area contributed by atoms with E-state index in [2.05, 4.69) is 17.1 Å². The van der Waals surface area contributed by atoms with Gasteiger partial charge in [-0.25, -0.2) is 4.98 Å². The number of hydrogen-bond acceptors (Lipinski definition) is 4. The van der Waals surface area contributed by atoms with Gasteiger partial charge in [-0.15, -0.1) is 0 Å². The molecule has 0 unspecified atom stereocenters. The van der Waals surface area contributed by atoms with E-state index in [9.17, 15) is 22.8 Å². The van der Waals surface area contributed by atoms with E-state index in [1.165, 1.54) is 29.5 Å². The summed E-state index contributed by atoms with van der Waals surface area (Å²) in [7, 11) is 0. The predicted molar refractivity (Wildman–Crippen MR) is 127 cm³/mol. The molecule has 36 heavy (non-hydrogen) atoms. The molecule has 5 rings (SSSR count). The summed E-state index contributed by atoms with van der Waals surface area (Å²) in [4.78, 5) is 33.6. The van der Waals surface area contributed by atoms with E-state index in [0.29, 0.717) is 38.5 Å². The van der Waals surface area contributed by atoms with Crippen LogP contribution in [-0.4, -0.2) is 65.6 Å². The molecule has 1 aromatic heterocycles. The molecule has 3 aliphatic rings. The van der Waals surface area contributed by atoms with Crippen LogP contribution >= 0.6 is 0 Å². The molecule has 2 fully saturated rings. The van der Waals surface area contributed by atoms with Crippen molar-refractivity contribution in [1.29, 1.82) is 0 Å². The van der Waals surface area contributed by atoms with Crippen molar-refractivity contribution in [2.45, 2.75) is 44.7 Å². The van der Waals surface area contributed by atoms with E-state index >= 15 is 0 Å². The summed E-state index contributed by atoms with van der Waals surface area (Å²) in [6, 6.07) is 11.4. The molecule has 6 nitrogen and oxygen atoms in total. The maximum Gasteiger partial charge on any atom is 0.422 e. The van der Waals surface area contributed by atoms with Crippen LogP contribution in [0, 0.1) is 11.3 Å². The second-order valence-corrected chi connectivity index (χ2v) is 10.4. The number of nitrogens with zero attached hydrogens (tertiary/aromatic N) is 3. The second kappa shape index (κ2) is 9.75. The van der Waals surface area contributed by atoms with Gasteiger partial charge in [0.25, 0.3) is 5.91 Å². The van der Waals surface area contributed by atoms with Gasteiger partial charge in [0, 0.05) is 38.8 Å². The van der Waals surface area contributed by atoms with Crippen LogP contribution in [0.5, 0.6) is 5.88 Å². The van der Waals surface area contributed by atoms with Crippen LogP contribution in [0.25, 0.3) is 0 Å². The van der Waals surface area contributed by atoms with Gasteiger partial charge in [0.05, 0.1) is 0 Å². The topological polar surface area (TPSA) is 62.7 Å². The van der Waals surface area contributed by atoms with Gasteiger partial charge in [-0.05, 0) is 66.7 Å². The third-order valence-electron chi connectivity index (χ3n) is 7.88. The number of ether oxygens (including phenoxy) is 1. The highest BCUT2D eigenvalue weighted by atomic mass is 19.4. The lowest BCUT2D eigenvalue weighted by Crippen LogP contribution is -2.45. The molecule has 2 amide bonds. The highest BCUT2D eigenvalue weighted by Crippen LogP contribution is 2.41. The molecule has 0 N–H and O–H groups in total. The molecule has 0 saturated carbocycles. The Kier molecular flexibility index (Phi) is 6.66. The van der Waals surface area contributed by atoms with Gasteiger partial charge in [-0.2, -0.15) is 13.2 Å². The molecular weight excluding hydrogens is 471 g/mol. The number of carbonyl (C=O) groups is 2. The fraction of sp³-hybridized carbons (Fsp3) is 0.519. The van der Waals surface area contributed by atoms with Crippen molar-refractivity contribution in [2.75, 3.05) is 32.8 Å². The number of hydrogen-bond donors (Lipinski definition) is 0. The number of aromatic nitrogens is 1. The number of amides is 2. The largest absolute Gasteiger partial charge is 0.467 e.